The van der Waals surface area contributed by atoms with Crippen LogP contribution in [0.15, 0.2) is 11.1 Å². The molecule has 11 heteroatoms. The second-order valence-electron chi connectivity index (χ2n) is 10.7. The van der Waals surface area contributed by atoms with Crippen LogP contribution in [-0.2, 0) is 19.1 Å². The van der Waals surface area contributed by atoms with Crippen LogP contribution in [0.2, 0.25) is 0 Å². The summed E-state index contributed by atoms with van der Waals surface area (Å²) in [7, 11) is 0. The number of hydrogen-bond donors (Lipinski definition) is 2. The maximum Gasteiger partial charge on any atom is 0.408 e. The van der Waals surface area contributed by atoms with Crippen molar-refractivity contribution in [2.24, 2.45) is 0 Å². The van der Waals surface area contributed by atoms with Gasteiger partial charge in [-0.1, -0.05) is 31.0 Å². The summed E-state index contributed by atoms with van der Waals surface area (Å²) in [5.41, 5.74) is -1.17. The van der Waals surface area contributed by atoms with Gasteiger partial charge in [-0.2, -0.15) is 0 Å². The van der Waals surface area contributed by atoms with E-state index >= 15 is 0 Å². The van der Waals surface area contributed by atoms with Gasteiger partial charge < -0.3 is 25.0 Å². The molecule has 1 aliphatic carbocycles. The molecule has 0 radical (unpaired) electrons. The minimum atomic E-state index is -1.09. The van der Waals surface area contributed by atoms with E-state index in [-0.39, 0.29) is 10.5 Å². The van der Waals surface area contributed by atoms with Crippen molar-refractivity contribution in [2.45, 2.75) is 108 Å². The molecule has 3 rings (SSSR count). The normalized spacial score (nSPS) is 25.5. The molecule has 0 aromatic carbocycles. The molecular formula is C23H35N3O6S2. The van der Waals surface area contributed by atoms with Gasteiger partial charge in [0.2, 0.25) is 5.91 Å². The Kier molecular flexibility index (Phi) is 8.17. The molecule has 0 aromatic rings. The molecule has 3 aliphatic rings. The highest BCUT2D eigenvalue weighted by Crippen LogP contribution is 2.40. The van der Waals surface area contributed by atoms with Crippen molar-refractivity contribution in [2.75, 3.05) is 0 Å². The average molecular weight is 514 g/mol. The van der Waals surface area contributed by atoms with Crippen molar-refractivity contribution in [1.82, 2.24) is 15.5 Å². The van der Waals surface area contributed by atoms with E-state index in [4.69, 9.17) is 9.47 Å². The lowest BCUT2D eigenvalue weighted by Crippen LogP contribution is -2.74. The standard InChI is InChI=1S/C23H35N3O6S2/c1-22(2,3)31-19(28)16-14(24-21(30)34-13-10-8-7-9-11-13)12-33-18-15(17(27)26(16)18)25-20(29)32-23(4,5)6/h12-13,15-16,18H,7-11H2,1-6H3,(H,24,30)(H,25,29)/t15?,16?,18-/m1/s1. The second-order valence-corrected chi connectivity index (χ2v) is 13.0. The van der Waals surface area contributed by atoms with E-state index in [0.717, 1.165) is 25.7 Å². The second kappa shape index (κ2) is 10.4. The first-order valence-corrected chi connectivity index (χ1v) is 13.4. The molecule has 1 saturated carbocycles. The fourth-order valence-corrected chi connectivity index (χ4v) is 6.23. The molecule has 0 aromatic heterocycles. The van der Waals surface area contributed by atoms with Gasteiger partial charge in [0.05, 0.1) is 5.70 Å². The van der Waals surface area contributed by atoms with E-state index in [9.17, 15) is 19.2 Å². The summed E-state index contributed by atoms with van der Waals surface area (Å²) in [5, 5.41) is 6.60. The van der Waals surface area contributed by atoms with Crippen LogP contribution >= 0.6 is 23.5 Å². The molecule has 2 N–H and O–H groups in total. The molecule has 0 bridgehead atoms. The van der Waals surface area contributed by atoms with Crippen LogP contribution in [0.3, 0.4) is 0 Å². The predicted molar refractivity (Wildman–Crippen MR) is 132 cm³/mol. The number of amides is 3. The van der Waals surface area contributed by atoms with Crippen LogP contribution in [0.1, 0.15) is 73.6 Å². The number of thioether (sulfide) groups is 2. The summed E-state index contributed by atoms with van der Waals surface area (Å²) in [6.07, 6.45) is 4.70. The van der Waals surface area contributed by atoms with Gasteiger partial charge in [-0.15, -0.1) is 11.8 Å². The van der Waals surface area contributed by atoms with Crippen LogP contribution < -0.4 is 10.6 Å². The molecule has 2 heterocycles. The minimum Gasteiger partial charge on any atom is -0.458 e. The lowest BCUT2D eigenvalue weighted by molar-refractivity contribution is -0.169. The number of nitrogens with zero attached hydrogens (tertiary/aromatic N) is 1. The van der Waals surface area contributed by atoms with E-state index in [2.05, 4.69) is 10.6 Å². The Morgan fingerprint density at radius 3 is 2.24 bits per heavy atom. The number of carbonyl (C=O) groups excluding carboxylic acids is 4. The van der Waals surface area contributed by atoms with Crippen molar-refractivity contribution in [1.29, 1.82) is 0 Å². The number of hydrogen-bond acceptors (Lipinski definition) is 8. The zero-order chi connectivity index (χ0) is 25.3. The summed E-state index contributed by atoms with van der Waals surface area (Å²) in [6, 6.07) is -1.93. The lowest BCUT2D eigenvalue weighted by atomic mass is 10.0. The Bertz CT molecular complexity index is 858. The quantitative estimate of drug-likeness (QED) is 0.426. The number of ether oxygens (including phenoxy) is 2. The molecule has 3 amide bonds. The first-order valence-electron chi connectivity index (χ1n) is 11.6. The lowest BCUT2D eigenvalue weighted by Gasteiger charge is -2.51. The maximum absolute atomic E-state index is 13.1. The van der Waals surface area contributed by atoms with Gasteiger partial charge in [0.15, 0.2) is 6.04 Å². The van der Waals surface area contributed by atoms with Gasteiger partial charge in [-0.3, -0.25) is 9.59 Å². The number of rotatable bonds is 4. The summed E-state index contributed by atoms with van der Waals surface area (Å²) in [5.74, 6) is -1.06. The first-order chi connectivity index (χ1) is 15.7. The Balaban J connectivity index is 1.74. The number of esters is 1. The SMILES string of the molecule is CC(C)(C)OC(=O)NC1C(=O)N2C(C(=O)OC(C)(C)C)C(NC(=O)SC3CCCCC3)=CS[C@H]12. The summed E-state index contributed by atoms with van der Waals surface area (Å²) < 4.78 is 10.8. The third-order valence-corrected chi connectivity index (χ3v) is 7.65. The Labute approximate surface area is 209 Å². The zero-order valence-electron chi connectivity index (χ0n) is 20.6. The minimum absolute atomic E-state index is 0.248. The van der Waals surface area contributed by atoms with E-state index in [0.29, 0.717) is 5.70 Å². The Hall–Kier alpha value is -1.88. The summed E-state index contributed by atoms with van der Waals surface area (Å²) in [4.78, 5) is 52.4. The molecule has 0 spiro atoms. The number of fused-ring (bicyclic) bond motifs is 1. The van der Waals surface area contributed by atoms with Gasteiger partial charge in [0, 0.05) is 5.25 Å². The van der Waals surface area contributed by atoms with E-state index in [1.54, 1.807) is 47.0 Å². The highest BCUT2D eigenvalue weighted by molar-refractivity contribution is 8.14. The van der Waals surface area contributed by atoms with Gasteiger partial charge in [0.25, 0.3) is 5.24 Å². The third-order valence-electron chi connectivity index (χ3n) is 5.36. The van der Waals surface area contributed by atoms with Crippen molar-refractivity contribution in [3.8, 4) is 0 Å². The zero-order valence-corrected chi connectivity index (χ0v) is 22.3. The van der Waals surface area contributed by atoms with Crippen LogP contribution in [0.25, 0.3) is 0 Å². The monoisotopic (exact) mass is 513 g/mol. The number of alkyl carbamates (subject to hydrolysis) is 1. The van der Waals surface area contributed by atoms with Crippen molar-refractivity contribution in [3.63, 3.8) is 0 Å². The van der Waals surface area contributed by atoms with Crippen molar-refractivity contribution < 1.29 is 28.7 Å². The van der Waals surface area contributed by atoms with Gasteiger partial charge in [-0.05, 0) is 59.8 Å². The van der Waals surface area contributed by atoms with Crippen molar-refractivity contribution in [3.05, 3.63) is 11.1 Å². The molecule has 34 heavy (non-hydrogen) atoms. The third kappa shape index (κ3) is 6.84. The first kappa shape index (κ1) is 26.7. The fraction of sp³-hybridized carbons (Fsp3) is 0.739. The molecular weight excluding hydrogens is 478 g/mol. The van der Waals surface area contributed by atoms with Crippen LogP contribution in [-0.4, -0.2) is 62.0 Å². The largest absolute Gasteiger partial charge is 0.458 e. The van der Waals surface area contributed by atoms with Crippen LogP contribution in [0.4, 0.5) is 9.59 Å². The molecule has 9 nitrogen and oxygen atoms in total. The van der Waals surface area contributed by atoms with E-state index in [1.165, 1.54) is 34.8 Å². The number of carbonyl (C=O) groups is 4. The highest BCUT2D eigenvalue weighted by atomic mass is 32.2. The summed E-state index contributed by atoms with van der Waals surface area (Å²) >= 11 is 2.51. The molecule has 3 atom stereocenters. The van der Waals surface area contributed by atoms with E-state index < -0.39 is 46.6 Å². The Morgan fingerprint density at radius 1 is 1.03 bits per heavy atom. The molecule has 2 unspecified atom stereocenters. The van der Waals surface area contributed by atoms with Crippen LogP contribution in [0, 0.1) is 0 Å². The maximum atomic E-state index is 13.1. The number of nitrogens with one attached hydrogen (secondary N) is 2. The smallest absolute Gasteiger partial charge is 0.408 e. The van der Waals surface area contributed by atoms with Gasteiger partial charge >= 0.3 is 12.1 Å². The van der Waals surface area contributed by atoms with Gasteiger partial charge in [0.1, 0.15) is 22.6 Å². The van der Waals surface area contributed by atoms with Crippen LogP contribution in [0.5, 0.6) is 0 Å². The van der Waals surface area contributed by atoms with Gasteiger partial charge in [-0.25, -0.2) is 9.59 Å². The van der Waals surface area contributed by atoms with E-state index in [1.807, 2.05) is 0 Å². The Morgan fingerprint density at radius 2 is 1.65 bits per heavy atom. The molecule has 2 fully saturated rings. The van der Waals surface area contributed by atoms with Crippen molar-refractivity contribution >= 4 is 46.7 Å². The number of β-lactam (4-membered cyclic amide) rings is 1. The highest BCUT2D eigenvalue weighted by Gasteiger charge is 2.57. The molecule has 190 valence electrons. The topological polar surface area (TPSA) is 114 Å². The predicted octanol–water partition coefficient (Wildman–Crippen LogP) is 4.12. The molecule has 1 saturated heterocycles. The summed E-state index contributed by atoms with van der Waals surface area (Å²) in [6.45, 7) is 10.4. The fourth-order valence-electron chi connectivity index (χ4n) is 4.01. The average Bonchev–Trinajstić information content (AvgIpc) is 2.69. The molecule has 2 aliphatic heterocycles.